The number of benzene rings is 1. The van der Waals surface area contributed by atoms with Gasteiger partial charge in [0.25, 0.3) is 5.91 Å². The van der Waals surface area contributed by atoms with Gasteiger partial charge in [0.1, 0.15) is 0 Å². The summed E-state index contributed by atoms with van der Waals surface area (Å²) in [6.45, 7) is 1.62. The Labute approximate surface area is 149 Å². The number of amides is 1. The molecule has 0 aliphatic carbocycles. The molecule has 2 aromatic rings. The van der Waals surface area contributed by atoms with Crippen LogP contribution in [0.2, 0.25) is 0 Å². The van der Waals surface area contributed by atoms with Crippen molar-refractivity contribution in [3.05, 3.63) is 42.2 Å². The lowest BCUT2D eigenvalue weighted by atomic mass is 9.96. The van der Waals surface area contributed by atoms with Gasteiger partial charge in [-0.2, -0.15) is 5.10 Å². The number of carbonyl (C=O) groups is 1. The Morgan fingerprint density at radius 1 is 1.24 bits per heavy atom. The number of aryl methyl sites for hydroxylation is 1. The highest BCUT2D eigenvalue weighted by atomic mass is 16.5. The van der Waals surface area contributed by atoms with Crippen molar-refractivity contribution in [3.63, 3.8) is 0 Å². The van der Waals surface area contributed by atoms with Gasteiger partial charge in [-0.3, -0.25) is 9.48 Å². The van der Waals surface area contributed by atoms with Crippen molar-refractivity contribution in [2.24, 2.45) is 7.05 Å². The molecule has 1 aromatic heterocycles. The van der Waals surface area contributed by atoms with E-state index in [1.807, 2.05) is 43.7 Å². The second-order valence-corrected chi connectivity index (χ2v) is 6.76. The molecule has 5 nitrogen and oxygen atoms in total. The number of piperidine rings is 1. The smallest absolute Gasteiger partial charge is 0.254 e. The Morgan fingerprint density at radius 3 is 2.72 bits per heavy atom. The third kappa shape index (κ3) is 4.28. The fourth-order valence-electron chi connectivity index (χ4n) is 3.57. The maximum atomic E-state index is 13.0. The summed E-state index contributed by atoms with van der Waals surface area (Å²) in [6.07, 6.45) is 9.25. The van der Waals surface area contributed by atoms with Crippen LogP contribution in [0.15, 0.2) is 36.7 Å². The zero-order chi connectivity index (χ0) is 17.6. The van der Waals surface area contributed by atoms with Crippen molar-refractivity contribution in [1.29, 1.82) is 0 Å². The van der Waals surface area contributed by atoms with E-state index in [0.29, 0.717) is 6.04 Å². The predicted octanol–water partition coefficient (Wildman–Crippen LogP) is 3.51. The van der Waals surface area contributed by atoms with Crippen LogP contribution in [0.4, 0.5) is 0 Å². The van der Waals surface area contributed by atoms with Gasteiger partial charge in [0.15, 0.2) is 0 Å². The van der Waals surface area contributed by atoms with Crippen molar-refractivity contribution in [2.75, 3.05) is 20.3 Å². The first-order valence-corrected chi connectivity index (χ1v) is 9.08. The number of rotatable bonds is 6. The van der Waals surface area contributed by atoms with Gasteiger partial charge in [0.05, 0.1) is 6.20 Å². The molecule has 5 heteroatoms. The minimum absolute atomic E-state index is 0.153. The van der Waals surface area contributed by atoms with Crippen molar-refractivity contribution < 1.29 is 9.53 Å². The summed E-state index contributed by atoms with van der Waals surface area (Å²) in [6, 6.07) is 8.23. The number of nitrogens with zero attached hydrogens (tertiary/aromatic N) is 3. The van der Waals surface area contributed by atoms with Crippen molar-refractivity contribution in [1.82, 2.24) is 14.7 Å². The molecular formula is C20H27N3O2. The van der Waals surface area contributed by atoms with E-state index in [2.05, 4.69) is 10.00 Å². The molecule has 2 heterocycles. The van der Waals surface area contributed by atoms with Crippen molar-refractivity contribution in [2.45, 2.75) is 38.1 Å². The number of hydrogen-bond acceptors (Lipinski definition) is 3. The summed E-state index contributed by atoms with van der Waals surface area (Å²) >= 11 is 0. The van der Waals surface area contributed by atoms with E-state index in [1.54, 1.807) is 11.8 Å². The van der Waals surface area contributed by atoms with Crippen LogP contribution in [0.3, 0.4) is 0 Å². The zero-order valence-corrected chi connectivity index (χ0v) is 15.1. The Morgan fingerprint density at radius 2 is 2.04 bits per heavy atom. The van der Waals surface area contributed by atoms with Gasteiger partial charge in [-0.25, -0.2) is 0 Å². The molecular weight excluding hydrogens is 314 g/mol. The summed E-state index contributed by atoms with van der Waals surface area (Å²) in [4.78, 5) is 15.0. The molecule has 1 unspecified atom stereocenters. The number of carbonyl (C=O) groups excluding carboxylic acids is 1. The lowest BCUT2D eigenvalue weighted by Gasteiger charge is -2.36. The number of ether oxygens (including phenoxy) is 1. The highest BCUT2D eigenvalue weighted by Gasteiger charge is 2.27. The highest BCUT2D eigenvalue weighted by molar-refractivity contribution is 5.95. The van der Waals surface area contributed by atoms with Gasteiger partial charge in [0, 0.05) is 50.7 Å². The Kier molecular flexibility index (Phi) is 5.87. The number of methoxy groups -OCH3 is 1. The molecule has 134 valence electrons. The standard InChI is InChI=1S/C20H27N3O2/c1-22-15-18(14-21-22)16-8-10-17(11-9-16)20(24)23-12-4-3-6-19(23)7-5-13-25-2/h8-11,14-15,19H,3-7,12-13H2,1-2H3. The first-order valence-electron chi connectivity index (χ1n) is 9.08. The molecule has 0 bridgehead atoms. The molecule has 0 N–H and O–H groups in total. The lowest BCUT2D eigenvalue weighted by Crippen LogP contribution is -2.43. The molecule has 25 heavy (non-hydrogen) atoms. The Hall–Kier alpha value is -2.14. The number of aromatic nitrogens is 2. The zero-order valence-electron chi connectivity index (χ0n) is 15.1. The van der Waals surface area contributed by atoms with Gasteiger partial charge in [-0.1, -0.05) is 12.1 Å². The molecule has 3 rings (SSSR count). The van der Waals surface area contributed by atoms with Crippen LogP contribution < -0.4 is 0 Å². The predicted molar refractivity (Wildman–Crippen MR) is 98.4 cm³/mol. The minimum atomic E-state index is 0.153. The number of hydrogen-bond donors (Lipinski definition) is 0. The second-order valence-electron chi connectivity index (χ2n) is 6.76. The molecule has 0 spiro atoms. The summed E-state index contributed by atoms with van der Waals surface area (Å²) in [5.74, 6) is 0.153. The third-order valence-electron chi connectivity index (χ3n) is 4.94. The second kappa shape index (κ2) is 8.30. The first-order chi connectivity index (χ1) is 12.2. The third-order valence-corrected chi connectivity index (χ3v) is 4.94. The van der Waals surface area contributed by atoms with E-state index in [-0.39, 0.29) is 5.91 Å². The average Bonchev–Trinajstić information content (AvgIpc) is 3.08. The molecule has 1 aromatic carbocycles. The van der Waals surface area contributed by atoms with Gasteiger partial charge in [-0.15, -0.1) is 0 Å². The van der Waals surface area contributed by atoms with Crippen LogP contribution >= 0.6 is 0 Å². The average molecular weight is 341 g/mol. The van der Waals surface area contributed by atoms with E-state index in [0.717, 1.165) is 55.5 Å². The summed E-state index contributed by atoms with van der Waals surface area (Å²) < 4.78 is 6.94. The van der Waals surface area contributed by atoms with E-state index >= 15 is 0 Å². The van der Waals surface area contributed by atoms with Gasteiger partial charge in [0.2, 0.25) is 0 Å². The maximum absolute atomic E-state index is 13.0. The molecule has 1 aliphatic heterocycles. The SMILES string of the molecule is COCCCC1CCCCN1C(=O)c1ccc(-c2cnn(C)c2)cc1. The molecule has 1 amide bonds. The monoisotopic (exact) mass is 341 g/mol. The summed E-state index contributed by atoms with van der Waals surface area (Å²) in [5, 5.41) is 4.20. The van der Waals surface area contributed by atoms with E-state index in [1.165, 1.54) is 6.42 Å². The van der Waals surface area contributed by atoms with Gasteiger partial charge >= 0.3 is 0 Å². The molecule has 1 aliphatic rings. The summed E-state index contributed by atoms with van der Waals surface area (Å²) in [5.41, 5.74) is 2.92. The van der Waals surface area contributed by atoms with Gasteiger partial charge in [-0.05, 0) is 49.8 Å². The van der Waals surface area contributed by atoms with Crippen LogP contribution in [0.25, 0.3) is 11.1 Å². The van der Waals surface area contributed by atoms with Crippen LogP contribution in [0.5, 0.6) is 0 Å². The molecule has 1 saturated heterocycles. The van der Waals surface area contributed by atoms with Crippen LogP contribution in [0, 0.1) is 0 Å². The van der Waals surface area contributed by atoms with E-state index in [4.69, 9.17) is 4.74 Å². The molecule has 0 saturated carbocycles. The fraction of sp³-hybridized carbons (Fsp3) is 0.500. The summed E-state index contributed by atoms with van der Waals surface area (Å²) in [7, 11) is 3.63. The molecule has 1 fully saturated rings. The van der Waals surface area contributed by atoms with E-state index in [9.17, 15) is 4.79 Å². The van der Waals surface area contributed by atoms with Crippen LogP contribution in [-0.4, -0.2) is 46.9 Å². The highest BCUT2D eigenvalue weighted by Crippen LogP contribution is 2.24. The largest absolute Gasteiger partial charge is 0.385 e. The van der Waals surface area contributed by atoms with Crippen LogP contribution in [0.1, 0.15) is 42.5 Å². The number of likely N-dealkylation sites (tertiary alicyclic amines) is 1. The normalized spacial score (nSPS) is 17.7. The van der Waals surface area contributed by atoms with Gasteiger partial charge < -0.3 is 9.64 Å². The Balaban J connectivity index is 1.70. The minimum Gasteiger partial charge on any atom is -0.385 e. The topological polar surface area (TPSA) is 47.4 Å². The molecule has 0 radical (unpaired) electrons. The molecule has 1 atom stereocenters. The fourth-order valence-corrected chi connectivity index (χ4v) is 3.57. The van der Waals surface area contributed by atoms with E-state index < -0.39 is 0 Å². The van der Waals surface area contributed by atoms with Crippen molar-refractivity contribution >= 4 is 5.91 Å². The maximum Gasteiger partial charge on any atom is 0.254 e. The Bertz CT molecular complexity index is 693. The van der Waals surface area contributed by atoms with Crippen molar-refractivity contribution in [3.8, 4) is 11.1 Å². The van der Waals surface area contributed by atoms with Crippen LogP contribution in [-0.2, 0) is 11.8 Å². The quantitative estimate of drug-likeness (QED) is 0.756. The first kappa shape index (κ1) is 17.7. The lowest BCUT2D eigenvalue weighted by molar-refractivity contribution is 0.0585.